The molecule has 240 valence electrons. The van der Waals surface area contributed by atoms with Crippen LogP contribution in [0.2, 0.25) is 0 Å². The topological polar surface area (TPSA) is 97.8 Å². The number of benzene rings is 4. The van der Waals surface area contributed by atoms with E-state index in [1.54, 1.807) is 38.4 Å². The summed E-state index contributed by atoms with van der Waals surface area (Å²) in [6.07, 6.45) is -0.402. The lowest BCUT2D eigenvalue weighted by atomic mass is 9.91. The zero-order chi connectivity index (χ0) is 32.5. The molecule has 0 saturated carbocycles. The molecule has 2 amide bonds. The molecule has 0 unspecified atom stereocenters. The lowest BCUT2D eigenvalue weighted by Gasteiger charge is -2.48. The van der Waals surface area contributed by atoms with Crippen molar-refractivity contribution in [3.63, 3.8) is 0 Å². The Morgan fingerprint density at radius 3 is 1.63 bits per heavy atom. The number of esters is 1. The van der Waals surface area contributed by atoms with E-state index in [0.29, 0.717) is 24.3 Å². The van der Waals surface area contributed by atoms with E-state index in [0.717, 1.165) is 28.0 Å². The molecule has 5 rings (SSSR count). The van der Waals surface area contributed by atoms with Crippen LogP contribution in [0.3, 0.4) is 0 Å². The predicted octanol–water partition coefficient (Wildman–Crippen LogP) is 5.28. The van der Waals surface area contributed by atoms with Gasteiger partial charge in [-0.3, -0.25) is 0 Å². The number of rotatable bonds is 13. The minimum atomic E-state index is -1.23. The molecule has 9 nitrogen and oxygen atoms in total. The van der Waals surface area contributed by atoms with E-state index in [-0.39, 0.29) is 25.7 Å². The fourth-order valence-corrected chi connectivity index (χ4v) is 5.71. The molecule has 1 saturated heterocycles. The largest absolute Gasteiger partial charge is 0.497 e. The zero-order valence-corrected chi connectivity index (χ0v) is 26.4. The molecule has 3 atom stereocenters. The lowest BCUT2D eigenvalue weighted by molar-refractivity contribution is -0.159. The van der Waals surface area contributed by atoms with E-state index in [9.17, 15) is 14.7 Å². The van der Waals surface area contributed by atoms with Gasteiger partial charge in [0.15, 0.2) is 6.04 Å². The van der Waals surface area contributed by atoms with Crippen LogP contribution in [0.25, 0.3) is 0 Å². The average Bonchev–Trinajstić information content (AvgIpc) is 3.10. The van der Waals surface area contributed by atoms with Crippen molar-refractivity contribution in [3.8, 4) is 17.2 Å². The molecule has 1 fully saturated rings. The number of nitrogens with zero attached hydrogens (tertiary/aromatic N) is 2. The summed E-state index contributed by atoms with van der Waals surface area (Å²) in [6, 6.07) is 29.7. The van der Waals surface area contributed by atoms with Crippen LogP contribution in [-0.2, 0) is 35.5 Å². The van der Waals surface area contributed by atoms with Crippen molar-refractivity contribution < 1.29 is 33.6 Å². The highest BCUT2D eigenvalue weighted by Gasteiger charge is 2.50. The first-order valence-corrected chi connectivity index (χ1v) is 15.2. The summed E-state index contributed by atoms with van der Waals surface area (Å²) in [7, 11) is 4.79. The maximum atomic E-state index is 14.5. The van der Waals surface area contributed by atoms with Gasteiger partial charge in [0.25, 0.3) is 0 Å². The maximum Gasteiger partial charge on any atom is 0.331 e. The van der Waals surface area contributed by atoms with Gasteiger partial charge in [0.05, 0.1) is 34.0 Å². The van der Waals surface area contributed by atoms with Gasteiger partial charge in [0, 0.05) is 19.5 Å². The summed E-state index contributed by atoms with van der Waals surface area (Å²) < 4.78 is 21.6. The predicted molar refractivity (Wildman–Crippen MR) is 174 cm³/mol. The van der Waals surface area contributed by atoms with Gasteiger partial charge < -0.3 is 33.9 Å². The molecular formula is C37H40N2O7. The van der Waals surface area contributed by atoms with Crippen molar-refractivity contribution in [2.75, 3.05) is 27.9 Å². The zero-order valence-electron chi connectivity index (χ0n) is 26.4. The standard InChI is InChI=1S/C37H40N2O7/c1-43-30-15-9-26(10-16-30)21-22-46-36(41)34-35(40)33(23-27-7-5-4-6-8-27)38(24-28-11-17-31(44-2)18-12-28)37(42)39(34)25-29-13-19-32(45-3)20-14-29/h4-20,33-35,40H,21-25H2,1-3H3/t33-,34-,35+/m0/s1. The molecule has 0 aromatic heterocycles. The normalized spacial score (nSPS) is 17.8. The Morgan fingerprint density at radius 1 is 0.652 bits per heavy atom. The van der Waals surface area contributed by atoms with Gasteiger partial charge >= 0.3 is 12.0 Å². The van der Waals surface area contributed by atoms with Crippen molar-refractivity contribution in [2.24, 2.45) is 0 Å². The minimum Gasteiger partial charge on any atom is -0.497 e. The molecule has 46 heavy (non-hydrogen) atoms. The first kappa shape index (κ1) is 32.4. The Balaban J connectivity index is 1.44. The Morgan fingerprint density at radius 2 is 1.13 bits per heavy atom. The van der Waals surface area contributed by atoms with E-state index in [1.165, 1.54) is 4.90 Å². The van der Waals surface area contributed by atoms with Crippen LogP contribution in [-0.4, -0.2) is 73.0 Å². The van der Waals surface area contributed by atoms with Gasteiger partial charge in [-0.1, -0.05) is 66.7 Å². The van der Waals surface area contributed by atoms with E-state index in [1.807, 2.05) is 91.0 Å². The molecule has 1 N–H and O–H groups in total. The molecule has 4 aromatic rings. The van der Waals surface area contributed by atoms with Crippen LogP contribution in [0.4, 0.5) is 4.79 Å². The molecule has 1 heterocycles. The first-order valence-electron chi connectivity index (χ1n) is 15.2. The highest BCUT2D eigenvalue weighted by molar-refractivity contribution is 5.86. The van der Waals surface area contributed by atoms with Crippen LogP contribution < -0.4 is 14.2 Å². The van der Waals surface area contributed by atoms with Crippen LogP contribution in [0.1, 0.15) is 22.3 Å². The summed E-state index contributed by atoms with van der Waals surface area (Å²) in [5.41, 5.74) is 3.55. The van der Waals surface area contributed by atoms with E-state index in [4.69, 9.17) is 18.9 Å². The van der Waals surface area contributed by atoms with E-state index in [2.05, 4.69) is 0 Å². The second-order valence-electron chi connectivity index (χ2n) is 11.2. The van der Waals surface area contributed by atoms with Crippen molar-refractivity contribution in [1.82, 2.24) is 9.80 Å². The number of urea groups is 1. The quantitative estimate of drug-likeness (QED) is 0.202. The molecule has 0 bridgehead atoms. The fourth-order valence-electron chi connectivity index (χ4n) is 5.71. The number of methoxy groups -OCH3 is 3. The van der Waals surface area contributed by atoms with E-state index >= 15 is 0 Å². The molecule has 4 aromatic carbocycles. The van der Waals surface area contributed by atoms with Crippen LogP contribution in [0, 0.1) is 0 Å². The van der Waals surface area contributed by atoms with Crippen LogP contribution in [0.5, 0.6) is 17.2 Å². The molecular weight excluding hydrogens is 584 g/mol. The number of aliphatic hydroxyl groups is 1. The molecule has 1 aliphatic heterocycles. The molecule has 0 aliphatic carbocycles. The number of ether oxygens (including phenoxy) is 4. The Kier molecular flexibility index (Phi) is 10.8. The van der Waals surface area contributed by atoms with Gasteiger partial charge in [0.1, 0.15) is 23.4 Å². The summed E-state index contributed by atoms with van der Waals surface area (Å²) in [6.45, 7) is 0.420. The number of amides is 2. The van der Waals surface area contributed by atoms with Crippen molar-refractivity contribution in [3.05, 3.63) is 125 Å². The van der Waals surface area contributed by atoms with Gasteiger partial charge in [-0.2, -0.15) is 0 Å². The van der Waals surface area contributed by atoms with Gasteiger partial charge in [-0.05, 0) is 65.1 Å². The van der Waals surface area contributed by atoms with Crippen molar-refractivity contribution >= 4 is 12.0 Å². The van der Waals surface area contributed by atoms with Gasteiger partial charge in [0.2, 0.25) is 0 Å². The monoisotopic (exact) mass is 624 g/mol. The Labute approximate surface area is 269 Å². The summed E-state index contributed by atoms with van der Waals surface area (Å²) >= 11 is 0. The second-order valence-corrected chi connectivity index (χ2v) is 11.2. The SMILES string of the molecule is COc1ccc(CCOC(=O)[C@@H]2[C@H](O)[C@H](Cc3ccccc3)N(Cc3ccc(OC)cc3)C(=O)N2Cc2ccc(OC)cc2)cc1. The third-order valence-corrected chi connectivity index (χ3v) is 8.29. The smallest absolute Gasteiger partial charge is 0.331 e. The Hall–Kier alpha value is -5.02. The van der Waals surface area contributed by atoms with Gasteiger partial charge in [-0.15, -0.1) is 0 Å². The molecule has 9 heteroatoms. The second kappa shape index (κ2) is 15.3. The lowest BCUT2D eigenvalue weighted by Crippen LogP contribution is -2.68. The van der Waals surface area contributed by atoms with Crippen LogP contribution in [0.15, 0.2) is 103 Å². The highest BCUT2D eigenvalue weighted by Crippen LogP contribution is 2.30. The highest BCUT2D eigenvalue weighted by atomic mass is 16.5. The minimum absolute atomic E-state index is 0.0926. The number of hydrogen-bond acceptors (Lipinski definition) is 7. The van der Waals surface area contributed by atoms with Crippen molar-refractivity contribution in [1.29, 1.82) is 0 Å². The number of aliphatic hydroxyl groups excluding tert-OH is 1. The average molecular weight is 625 g/mol. The maximum absolute atomic E-state index is 14.5. The Bertz CT molecular complexity index is 1560. The molecule has 0 spiro atoms. The number of hydrogen-bond donors (Lipinski definition) is 1. The third kappa shape index (κ3) is 7.79. The number of carbonyl (C=O) groups excluding carboxylic acids is 2. The third-order valence-electron chi connectivity index (χ3n) is 8.29. The molecule has 0 radical (unpaired) electrons. The van der Waals surface area contributed by atoms with Crippen LogP contribution >= 0.6 is 0 Å². The summed E-state index contributed by atoms with van der Waals surface area (Å²) in [5.74, 6) is 1.47. The van der Waals surface area contributed by atoms with Gasteiger partial charge in [-0.25, -0.2) is 9.59 Å². The molecule has 1 aliphatic rings. The van der Waals surface area contributed by atoms with E-state index < -0.39 is 24.2 Å². The number of carbonyl (C=O) groups is 2. The summed E-state index contributed by atoms with van der Waals surface area (Å²) in [4.78, 5) is 31.4. The fraction of sp³-hybridized carbons (Fsp3) is 0.297. The first-order chi connectivity index (χ1) is 22.4. The summed E-state index contributed by atoms with van der Waals surface area (Å²) in [5, 5.41) is 12.0. The van der Waals surface area contributed by atoms with Crippen molar-refractivity contribution in [2.45, 2.75) is 44.1 Å².